The number of carbonyl (C=O) groups is 1. The van der Waals surface area contributed by atoms with Crippen LogP contribution in [0, 0.1) is 16.7 Å². The minimum atomic E-state index is -3.12. The zero-order valence-electron chi connectivity index (χ0n) is 19.0. The van der Waals surface area contributed by atoms with Gasteiger partial charge < -0.3 is 19.5 Å². The second kappa shape index (κ2) is 9.17. The van der Waals surface area contributed by atoms with E-state index in [2.05, 4.69) is 16.4 Å². The molecular formula is C24H24F2N4O4. The Hall–Kier alpha value is -3.87. The number of imidazole rings is 1. The number of rotatable bonds is 9. The smallest absolute Gasteiger partial charge is 0.387 e. The predicted octanol–water partition coefficient (Wildman–Crippen LogP) is 4.43. The zero-order valence-corrected chi connectivity index (χ0v) is 19.0. The summed E-state index contributed by atoms with van der Waals surface area (Å²) in [5, 5.41) is 11.9. The van der Waals surface area contributed by atoms with Crippen LogP contribution >= 0.6 is 0 Å². The highest BCUT2D eigenvalue weighted by atomic mass is 19.3. The van der Waals surface area contributed by atoms with E-state index in [-0.39, 0.29) is 29.7 Å². The zero-order chi connectivity index (χ0) is 24.5. The molecule has 0 atom stereocenters. The molecule has 2 aromatic heterocycles. The van der Waals surface area contributed by atoms with Gasteiger partial charge in [-0.15, -0.1) is 0 Å². The van der Waals surface area contributed by atoms with Gasteiger partial charge in [0.15, 0.2) is 0 Å². The number of amides is 1. The minimum absolute atomic E-state index is 0.0326. The number of aromatic nitrogens is 2. The molecule has 3 aromatic rings. The molecule has 1 aromatic carbocycles. The van der Waals surface area contributed by atoms with Gasteiger partial charge in [0, 0.05) is 23.9 Å². The molecule has 1 saturated carbocycles. The molecule has 0 bridgehead atoms. The first-order valence-corrected chi connectivity index (χ1v) is 10.7. The van der Waals surface area contributed by atoms with Crippen molar-refractivity contribution in [1.29, 1.82) is 5.26 Å². The summed E-state index contributed by atoms with van der Waals surface area (Å²) in [6, 6.07) is 8.60. The SMILES string of the molecule is COc1cc(-c2cnc3cc(OCC(C)(C)C#N)ccn23)cc(OC(F)F)c1C(=O)NC1CC1. The monoisotopic (exact) mass is 470 g/mol. The molecule has 0 saturated heterocycles. The van der Waals surface area contributed by atoms with Crippen molar-refractivity contribution >= 4 is 11.6 Å². The molecule has 0 unspecified atom stereocenters. The molecule has 2 heterocycles. The molecule has 0 radical (unpaired) electrons. The summed E-state index contributed by atoms with van der Waals surface area (Å²) in [5.74, 6) is -0.155. The summed E-state index contributed by atoms with van der Waals surface area (Å²) in [7, 11) is 1.36. The van der Waals surface area contributed by atoms with Gasteiger partial charge in [-0.05, 0) is 44.9 Å². The van der Waals surface area contributed by atoms with E-state index in [0.717, 1.165) is 12.8 Å². The Kier molecular flexibility index (Phi) is 6.28. The number of halogens is 2. The molecule has 34 heavy (non-hydrogen) atoms. The van der Waals surface area contributed by atoms with Crippen molar-refractivity contribution in [2.45, 2.75) is 39.3 Å². The van der Waals surface area contributed by atoms with Crippen molar-refractivity contribution in [3.05, 3.63) is 42.2 Å². The topological polar surface area (TPSA) is 97.9 Å². The summed E-state index contributed by atoms with van der Waals surface area (Å²) in [6.07, 6.45) is 4.99. The maximum absolute atomic E-state index is 13.2. The Morgan fingerprint density at radius 2 is 2.06 bits per heavy atom. The minimum Gasteiger partial charge on any atom is -0.496 e. The number of nitrogens with zero attached hydrogens (tertiary/aromatic N) is 3. The molecule has 1 aliphatic rings. The van der Waals surface area contributed by atoms with Crippen molar-refractivity contribution in [3.8, 4) is 34.6 Å². The maximum Gasteiger partial charge on any atom is 0.387 e. The van der Waals surface area contributed by atoms with Crippen LogP contribution in [0.25, 0.3) is 16.9 Å². The Labute approximate surface area is 195 Å². The highest BCUT2D eigenvalue weighted by Crippen LogP contribution is 2.37. The summed E-state index contributed by atoms with van der Waals surface area (Å²) in [4.78, 5) is 17.1. The lowest BCUT2D eigenvalue weighted by atomic mass is 9.98. The molecule has 1 amide bonds. The van der Waals surface area contributed by atoms with E-state index in [0.29, 0.717) is 22.7 Å². The van der Waals surface area contributed by atoms with Crippen LogP contribution in [-0.4, -0.2) is 41.7 Å². The van der Waals surface area contributed by atoms with Crippen LogP contribution < -0.4 is 19.5 Å². The average Bonchev–Trinajstić information content (AvgIpc) is 3.51. The van der Waals surface area contributed by atoms with Gasteiger partial charge in [0.1, 0.15) is 35.1 Å². The standard InChI is InChI=1S/C24H24F2N4O4/c1-24(2,12-27)13-33-16-6-7-30-17(11-28-20(30)10-16)14-8-18(32-3)21(19(9-14)34-23(25)26)22(31)29-15-4-5-15/h6-11,15,23H,4-5,13H2,1-3H3,(H,29,31). The predicted molar refractivity (Wildman–Crippen MR) is 119 cm³/mol. The number of nitrogens with one attached hydrogen (secondary N) is 1. The fraction of sp³-hybridized carbons (Fsp3) is 0.375. The first kappa shape index (κ1) is 23.3. The summed E-state index contributed by atoms with van der Waals surface area (Å²) in [5.41, 5.74) is 0.877. The van der Waals surface area contributed by atoms with E-state index in [1.165, 1.54) is 13.2 Å². The summed E-state index contributed by atoms with van der Waals surface area (Å²) in [6.45, 7) is 0.649. The van der Waals surface area contributed by atoms with Gasteiger partial charge in [-0.3, -0.25) is 9.20 Å². The Morgan fingerprint density at radius 3 is 2.71 bits per heavy atom. The van der Waals surface area contributed by atoms with E-state index in [4.69, 9.17) is 19.5 Å². The molecule has 8 nitrogen and oxygen atoms in total. The van der Waals surface area contributed by atoms with Gasteiger partial charge >= 0.3 is 6.61 Å². The van der Waals surface area contributed by atoms with Crippen molar-refractivity contribution in [3.63, 3.8) is 0 Å². The second-order valence-corrected chi connectivity index (χ2v) is 8.70. The lowest BCUT2D eigenvalue weighted by molar-refractivity contribution is -0.0502. The number of nitriles is 1. The largest absolute Gasteiger partial charge is 0.496 e. The molecule has 1 N–H and O–H groups in total. The number of ether oxygens (including phenoxy) is 3. The lowest BCUT2D eigenvalue weighted by Crippen LogP contribution is -2.26. The third-order valence-corrected chi connectivity index (χ3v) is 5.32. The fourth-order valence-corrected chi connectivity index (χ4v) is 3.36. The Morgan fingerprint density at radius 1 is 1.32 bits per heavy atom. The Balaban J connectivity index is 1.71. The van der Waals surface area contributed by atoms with Crippen LogP contribution in [0.4, 0.5) is 8.78 Å². The van der Waals surface area contributed by atoms with E-state index in [1.807, 2.05) is 0 Å². The van der Waals surface area contributed by atoms with Crippen LogP contribution in [0.15, 0.2) is 36.7 Å². The highest BCUT2D eigenvalue weighted by molar-refractivity contribution is 6.01. The van der Waals surface area contributed by atoms with Gasteiger partial charge in [-0.2, -0.15) is 14.0 Å². The van der Waals surface area contributed by atoms with Crippen LogP contribution in [0.2, 0.25) is 0 Å². The summed E-state index contributed by atoms with van der Waals surface area (Å²) < 4.78 is 43.9. The van der Waals surface area contributed by atoms with Crippen LogP contribution in [0.3, 0.4) is 0 Å². The molecule has 10 heteroatoms. The maximum atomic E-state index is 13.2. The number of pyridine rings is 1. The fourth-order valence-electron chi connectivity index (χ4n) is 3.36. The van der Waals surface area contributed by atoms with Crippen LogP contribution in [0.5, 0.6) is 17.2 Å². The van der Waals surface area contributed by atoms with Crippen LogP contribution in [-0.2, 0) is 0 Å². The van der Waals surface area contributed by atoms with Gasteiger partial charge in [0.05, 0.1) is 30.5 Å². The number of fused-ring (bicyclic) bond motifs is 1. The quantitative estimate of drug-likeness (QED) is 0.497. The molecule has 0 spiro atoms. The first-order chi connectivity index (χ1) is 16.2. The highest BCUT2D eigenvalue weighted by Gasteiger charge is 2.29. The third kappa shape index (κ3) is 5.03. The lowest BCUT2D eigenvalue weighted by Gasteiger charge is -2.17. The number of benzene rings is 1. The molecule has 1 fully saturated rings. The molecule has 4 rings (SSSR count). The van der Waals surface area contributed by atoms with Gasteiger partial charge in [-0.25, -0.2) is 4.98 Å². The molecule has 0 aliphatic heterocycles. The van der Waals surface area contributed by atoms with Gasteiger partial charge in [-0.1, -0.05) is 0 Å². The third-order valence-electron chi connectivity index (χ3n) is 5.32. The van der Waals surface area contributed by atoms with E-state index in [9.17, 15) is 13.6 Å². The second-order valence-electron chi connectivity index (χ2n) is 8.70. The number of hydrogen-bond donors (Lipinski definition) is 1. The van der Waals surface area contributed by atoms with Gasteiger partial charge in [0.2, 0.25) is 0 Å². The number of alkyl halides is 2. The average molecular weight is 470 g/mol. The Bertz CT molecular complexity index is 1260. The molecular weight excluding hydrogens is 446 g/mol. The first-order valence-electron chi connectivity index (χ1n) is 10.7. The van der Waals surface area contributed by atoms with E-state index >= 15 is 0 Å². The molecule has 1 aliphatic carbocycles. The van der Waals surface area contributed by atoms with Crippen molar-refractivity contribution < 1.29 is 27.8 Å². The van der Waals surface area contributed by atoms with Gasteiger partial charge in [0.25, 0.3) is 5.91 Å². The normalized spacial score (nSPS) is 13.6. The molecule has 178 valence electrons. The number of hydrogen-bond acceptors (Lipinski definition) is 6. The van der Waals surface area contributed by atoms with Crippen molar-refractivity contribution in [2.75, 3.05) is 13.7 Å². The van der Waals surface area contributed by atoms with Crippen LogP contribution in [0.1, 0.15) is 37.0 Å². The van der Waals surface area contributed by atoms with Crippen molar-refractivity contribution in [1.82, 2.24) is 14.7 Å². The number of methoxy groups -OCH3 is 1. The number of carbonyl (C=O) groups excluding carboxylic acids is 1. The van der Waals surface area contributed by atoms with Crippen molar-refractivity contribution in [2.24, 2.45) is 5.41 Å². The summed E-state index contributed by atoms with van der Waals surface area (Å²) >= 11 is 0. The van der Waals surface area contributed by atoms with E-state index in [1.54, 1.807) is 48.8 Å². The van der Waals surface area contributed by atoms with E-state index < -0.39 is 17.9 Å².